The Balaban J connectivity index is 2.87. The van der Waals surface area contributed by atoms with Gasteiger partial charge in [0.15, 0.2) is 0 Å². The van der Waals surface area contributed by atoms with Crippen LogP contribution < -0.4 is 5.73 Å². The maximum atomic E-state index is 10.5. The molecule has 0 fully saturated rings. The number of thioether (sulfide) groups is 1. The van der Waals surface area contributed by atoms with E-state index in [4.69, 9.17) is 22.6 Å². The largest absolute Gasteiger partial charge is 0.369 e. The Hall–Kier alpha value is -1.18. The van der Waals surface area contributed by atoms with Crippen LogP contribution in [0.25, 0.3) is 0 Å². The number of rotatable bonds is 3. The van der Waals surface area contributed by atoms with Crippen LogP contribution in [-0.4, -0.2) is 11.7 Å². The zero-order valence-electron chi connectivity index (χ0n) is 7.16. The van der Waals surface area contributed by atoms with Crippen molar-refractivity contribution in [3.05, 3.63) is 28.8 Å². The van der Waals surface area contributed by atoms with Crippen LogP contribution in [0.4, 0.5) is 0 Å². The van der Waals surface area contributed by atoms with Gasteiger partial charge in [-0.25, -0.2) is 0 Å². The van der Waals surface area contributed by atoms with Gasteiger partial charge >= 0.3 is 0 Å². The van der Waals surface area contributed by atoms with Gasteiger partial charge in [0.1, 0.15) is 6.07 Å². The third kappa shape index (κ3) is 2.95. The second kappa shape index (κ2) is 4.89. The minimum atomic E-state index is -0.408. The molecule has 14 heavy (non-hydrogen) atoms. The van der Waals surface area contributed by atoms with Gasteiger partial charge in [-0.15, -0.1) is 11.8 Å². The summed E-state index contributed by atoms with van der Waals surface area (Å²) in [6.07, 6.45) is 0. The maximum absolute atomic E-state index is 10.5. The van der Waals surface area contributed by atoms with Gasteiger partial charge in [0, 0.05) is 9.92 Å². The van der Waals surface area contributed by atoms with E-state index >= 15 is 0 Å². The standard InChI is InChI=1S/C9H7ClN2OS/c10-7-1-2-8(6(3-7)4-11)14-5-9(12)13/h1-3H,5H2,(H2,12,13). The molecule has 1 aromatic rings. The predicted octanol–water partition coefficient (Wildman–Crippen LogP) is 1.79. The zero-order chi connectivity index (χ0) is 10.6. The fraction of sp³-hybridized carbons (Fsp3) is 0.111. The normalized spacial score (nSPS) is 9.43. The lowest BCUT2D eigenvalue weighted by molar-refractivity contribution is -0.115. The van der Waals surface area contributed by atoms with Crippen molar-refractivity contribution in [2.75, 3.05) is 5.75 Å². The molecule has 2 N–H and O–H groups in total. The summed E-state index contributed by atoms with van der Waals surface area (Å²) in [6.45, 7) is 0. The fourth-order valence-electron chi connectivity index (χ4n) is 0.864. The molecule has 0 saturated carbocycles. The molecule has 0 aliphatic carbocycles. The van der Waals surface area contributed by atoms with Crippen molar-refractivity contribution in [2.24, 2.45) is 5.73 Å². The third-order valence-electron chi connectivity index (χ3n) is 1.43. The monoisotopic (exact) mass is 226 g/mol. The number of halogens is 1. The summed E-state index contributed by atoms with van der Waals surface area (Å²) in [5, 5.41) is 9.27. The quantitative estimate of drug-likeness (QED) is 0.799. The van der Waals surface area contributed by atoms with Crippen LogP contribution in [0.5, 0.6) is 0 Å². The summed E-state index contributed by atoms with van der Waals surface area (Å²) in [5.74, 6) is -0.245. The number of nitrogens with zero attached hydrogens (tertiary/aromatic N) is 1. The minimum Gasteiger partial charge on any atom is -0.369 e. The molecule has 0 aromatic heterocycles. The molecule has 0 atom stereocenters. The highest BCUT2D eigenvalue weighted by Gasteiger charge is 2.04. The van der Waals surface area contributed by atoms with E-state index < -0.39 is 5.91 Å². The summed E-state index contributed by atoms with van der Waals surface area (Å²) in [7, 11) is 0. The number of carbonyl (C=O) groups is 1. The topological polar surface area (TPSA) is 66.9 Å². The Morgan fingerprint density at radius 2 is 2.36 bits per heavy atom. The van der Waals surface area contributed by atoms with Crippen LogP contribution in [0.2, 0.25) is 5.02 Å². The van der Waals surface area contributed by atoms with Crippen molar-refractivity contribution >= 4 is 29.3 Å². The number of hydrogen-bond acceptors (Lipinski definition) is 3. The number of nitriles is 1. The van der Waals surface area contributed by atoms with Gasteiger partial charge in [0.05, 0.1) is 11.3 Å². The second-order valence-corrected chi connectivity index (χ2v) is 3.96. The number of hydrogen-bond donors (Lipinski definition) is 1. The molecule has 0 heterocycles. The lowest BCUT2D eigenvalue weighted by Crippen LogP contribution is -2.13. The number of primary amides is 1. The smallest absolute Gasteiger partial charge is 0.227 e. The van der Waals surface area contributed by atoms with E-state index in [1.807, 2.05) is 6.07 Å². The second-order valence-electron chi connectivity index (χ2n) is 2.51. The maximum Gasteiger partial charge on any atom is 0.227 e. The van der Waals surface area contributed by atoms with E-state index in [0.717, 1.165) is 4.90 Å². The van der Waals surface area contributed by atoms with E-state index in [1.165, 1.54) is 11.8 Å². The molecule has 0 bridgehead atoms. The van der Waals surface area contributed by atoms with Crippen molar-refractivity contribution in [2.45, 2.75) is 4.90 Å². The van der Waals surface area contributed by atoms with E-state index in [1.54, 1.807) is 18.2 Å². The van der Waals surface area contributed by atoms with E-state index in [2.05, 4.69) is 0 Å². The molecule has 1 aromatic carbocycles. The zero-order valence-corrected chi connectivity index (χ0v) is 8.73. The summed E-state index contributed by atoms with van der Waals surface area (Å²) in [5.41, 5.74) is 5.45. The molecular weight excluding hydrogens is 220 g/mol. The Kier molecular flexibility index (Phi) is 3.81. The summed E-state index contributed by atoms with van der Waals surface area (Å²) < 4.78 is 0. The van der Waals surface area contributed by atoms with Gasteiger partial charge in [-0.1, -0.05) is 11.6 Å². The summed E-state index contributed by atoms with van der Waals surface area (Å²) in [4.78, 5) is 11.2. The molecule has 1 rings (SSSR count). The van der Waals surface area contributed by atoms with Crippen LogP contribution in [0.3, 0.4) is 0 Å². The third-order valence-corrected chi connectivity index (χ3v) is 2.76. The number of carbonyl (C=O) groups excluding carboxylic acids is 1. The van der Waals surface area contributed by atoms with Crippen molar-refractivity contribution in [3.8, 4) is 6.07 Å². The van der Waals surface area contributed by atoms with Crippen molar-refractivity contribution < 1.29 is 4.79 Å². The Labute approximate surface area is 90.8 Å². The molecule has 0 spiro atoms. The molecule has 0 saturated heterocycles. The molecule has 5 heteroatoms. The van der Waals surface area contributed by atoms with Crippen LogP contribution in [0.1, 0.15) is 5.56 Å². The average molecular weight is 227 g/mol. The molecule has 3 nitrogen and oxygen atoms in total. The highest BCUT2D eigenvalue weighted by molar-refractivity contribution is 8.00. The first kappa shape index (κ1) is 10.9. The van der Waals surface area contributed by atoms with Crippen LogP contribution in [-0.2, 0) is 4.79 Å². The molecule has 0 unspecified atom stereocenters. The Morgan fingerprint density at radius 1 is 1.64 bits per heavy atom. The number of benzene rings is 1. The van der Waals surface area contributed by atoms with E-state index in [0.29, 0.717) is 10.6 Å². The van der Waals surface area contributed by atoms with Gasteiger partial charge in [-0.05, 0) is 18.2 Å². The van der Waals surface area contributed by atoms with Crippen LogP contribution in [0, 0.1) is 11.3 Å². The van der Waals surface area contributed by atoms with Crippen molar-refractivity contribution in [3.63, 3.8) is 0 Å². The highest BCUT2D eigenvalue weighted by atomic mass is 35.5. The minimum absolute atomic E-state index is 0.163. The summed E-state index contributed by atoms with van der Waals surface area (Å²) >= 11 is 6.94. The van der Waals surface area contributed by atoms with Gasteiger partial charge in [-0.2, -0.15) is 5.26 Å². The van der Waals surface area contributed by atoms with Crippen molar-refractivity contribution in [1.29, 1.82) is 5.26 Å². The van der Waals surface area contributed by atoms with Crippen LogP contribution >= 0.6 is 23.4 Å². The van der Waals surface area contributed by atoms with Gasteiger partial charge < -0.3 is 5.73 Å². The molecule has 0 aliphatic heterocycles. The first-order valence-electron chi connectivity index (χ1n) is 3.74. The average Bonchev–Trinajstić information content (AvgIpc) is 2.15. The molecule has 1 amide bonds. The Morgan fingerprint density at radius 3 is 2.93 bits per heavy atom. The van der Waals surface area contributed by atoms with Crippen molar-refractivity contribution in [1.82, 2.24) is 0 Å². The van der Waals surface area contributed by atoms with Crippen LogP contribution in [0.15, 0.2) is 23.1 Å². The molecular formula is C9H7ClN2OS. The van der Waals surface area contributed by atoms with Gasteiger partial charge in [0.25, 0.3) is 0 Å². The predicted molar refractivity (Wildman–Crippen MR) is 56.1 cm³/mol. The van der Waals surface area contributed by atoms with E-state index in [-0.39, 0.29) is 5.75 Å². The molecule has 0 aliphatic rings. The fourth-order valence-corrected chi connectivity index (χ4v) is 1.76. The molecule has 72 valence electrons. The van der Waals surface area contributed by atoms with Gasteiger partial charge in [-0.3, -0.25) is 4.79 Å². The molecule has 0 radical (unpaired) electrons. The lowest BCUT2D eigenvalue weighted by Gasteiger charge is -2.01. The van der Waals surface area contributed by atoms with E-state index in [9.17, 15) is 4.79 Å². The number of nitrogens with two attached hydrogens (primary N) is 1. The lowest BCUT2D eigenvalue weighted by atomic mass is 10.2. The first-order valence-corrected chi connectivity index (χ1v) is 5.10. The first-order chi connectivity index (χ1) is 6.63. The SMILES string of the molecule is N#Cc1cc(Cl)ccc1SCC(N)=O. The highest BCUT2D eigenvalue weighted by Crippen LogP contribution is 2.24. The Bertz CT molecular complexity index is 400. The van der Waals surface area contributed by atoms with Gasteiger partial charge in [0.2, 0.25) is 5.91 Å². The number of amides is 1. The summed E-state index contributed by atoms with van der Waals surface area (Å²) in [6, 6.07) is 6.94.